The van der Waals surface area contributed by atoms with Gasteiger partial charge in [0.1, 0.15) is 0 Å². The molecule has 104 valence electrons. The molecular formula is C14H20N2O3. The van der Waals surface area contributed by atoms with Crippen molar-refractivity contribution in [3.63, 3.8) is 0 Å². The van der Waals surface area contributed by atoms with Crippen LogP contribution in [-0.2, 0) is 9.47 Å². The minimum Gasteiger partial charge on any atom is -0.465 e. The van der Waals surface area contributed by atoms with Gasteiger partial charge in [-0.15, -0.1) is 0 Å². The van der Waals surface area contributed by atoms with Crippen LogP contribution >= 0.6 is 0 Å². The molecule has 0 aliphatic carbocycles. The van der Waals surface area contributed by atoms with Crippen molar-refractivity contribution in [1.82, 2.24) is 0 Å². The number of anilines is 2. The van der Waals surface area contributed by atoms with Crippen LogP contribution in [0.5, 0.6) is 0 Å². The Morgan fingerprint density at radius 2 is 2.37 bits per heavy atom. The number of rotatable bonds is 4. The third-order valence-electron chi connectivity index (χ3n) is 3.55. The third kappa shape index (κ3) is 2.98. The van der Waals surface area contributed by atoms with E-state index in [0.29, 0.717) is 22.9 Å². The van der Waals surface area contributed by atoms with Gasteiger partial charge in [-0.1, -0.05) is 6.07 Å². The van der Waals surface area contributed by atoms with Crippen molar-refractivity contribution < 1.29 is 14.3 Å². The van der Waals surface area contributed by atoms with E-state index in [1.807, 2.05) is 0 Å². The summed E-state index contributed by atoms with van der Waals surface area (Å²) in [4.78, 5) is 11.7. The number of nitrogens with one attached hydrogen (secondary N) is 1. The van der Waals surface area contributed by atoms with E-state index in [1.54, 1.807) is 18.2 Å². The SMILES string of the molecule is COC(=O)c1cccc(N)c1NC(C)C1CCOC1. The smallest absolute Gasteiger partial charge is 0.340 e. The Balaban J connectivity index is 2.20. The van der Waals surface area contributed by atoms with Crippen LogP contribution in [0.15, 0.2) is 18.2 Å². The molecule has 3 N–H and O–H groups in total. The Labute approximate surface area is 113 Å². The van der Waals surface area contributed by atoms with Crippen molar-refractivity contribution in [3.8, 4) is 0 Å². The van der Waals surface area contributed by atoms with Gasteiger partial charge in [0, 0.05) is 18.6 Å². The van der Waals surface area contributed by atoms with E-state index in [-0.39, 0.29) is 12.0 Å². The van der Waals surface area contributed by atoms with Crippen LogP contribution in [0.3, 0.4) is 0 Å². The number of carbonyl (C=O) groups is 1. The fraction of sp³-hybridized carbons (Fsp3) is 0.500. The Kier molecular flexibility index (Phi) is 4.27. The van der Waals surface area contributed by atoms with Crippen LogP contribution in [0.25, 0.3) is 0 Å². The van der Waals surface area contributed by atoms with Gasteiger partial charge in [0.25, 0.3) is 0 Å². The Hall–Kier alpha value is -1.75. The highest BCUT2D eigenvalue weighted by Gasteiger charge is 2.24. The van der Waals surface area contributed by atoms with E-state index in [2.05, 4.69) is 12.2 Å². The van der Waals surface area contributed by atoms with Crippen molar-refractivity contribution >= 4 is 17.3 Å². The van der Waals surface area contributed by atoms with Crippen LogP contribution in [0, 0.1) is 5.92 Å². The summed E-state index contributed by atoms with van der Waals surface area (Å²) in [5.74, 6) is 0.0507. The number of para-hydroxylation sites is 1. The summed E-state index contributed by atoms with van der Waals surface area (Å²) < 4.78 is 10.2. The monoisotopic (exact) mass is 264 g/mol. The number of ether oxygens (including phenoxy) is 2. The molecule has 19 heavy (non-hydrogen) atoms. The highest BCUT2D eigenvalue weighted by Crippen LogP contribution is 2.28. The molecule has 0 aromatic heterocycles. The van der Waals surface area contributed by atoms with Crippen molar-refractivity contribution in [2.45, 2.75) is 19.4 Å². The zero-order chi connectivity index (χ0) is 13.8. The number of carbonyl (C=O) groups excluding carboxylic acids is 1. The molecule has 5 nitrogen and oxygen atoms in total. The van der Waals surface area contributed by atoms with Crippen LogP contribution in [0.4, 0.5) is 11.4 Å². The third-order valence-corrected chi connectivity index (χ3v) is 3.55. The number of esters is 1. The van der Waals surface area contributed by atoms with E-state index < -0.39 is 0 Å². The second-order valence-electron chi connectivity index (χ2n) is 4.82. The first-order valence-corrected chi connectivity index (χ1v) is 6.44. The summed E-state index contributed by atoms with van der Waals surface area (Å²) in [7, 11) is 1.36. The molecule has 0 saturated carbocycles. The van der Waals surface area contributed by atoms with E-state index >= 15 is 0 Å². The summed E-state index contributed by atoms with van der Waals surface area (Å²) >= 11 is 0. The lowest BCUT2D eigenvalue weighted by atomic mass is 9.99. The Bertz CT molecular complexity index is 456. The first kappa shape index (κ1) is 13.7. The number of nitrogen functional groups attached to an aromatic ring is 1. The Morgan fingerprint density at radius 1 is 1.58 bits per heavy atom. The van der Waals surface area contributed by atoms with E-state index in [1.165, 1.54) is 7.11 Å². The minimum atomic E-state index is -0.385. The molecule has 5 heteroatoms. The molecule has 2 unspecified atom stereocenters. The molecular weight excluding hydrogens is 244 g/mol. The summed E-state index contributed by atoms with van der Waals surface area (Å²) in [6, 6.07) is 5.42. The lowest BCUT2D eigenvalue weighted by Gasteiger charge is -2.23. The Morgan fingerprint density at radius 3 is 3.00 bits per heavy atom. The van der Waals surface area contributed by atoms with Gasteiger partial charge in [-0.25, -0.2) is 4.79 Å². The molecule has 0 spiro atoms. The van der Waals surface area contributed by atoms with Gasteiger partial charge in [0.2, 0.25) is 0 Å². The average molecular weight is 264 g/mol. The van der Waals surface area contributed by atoms with Gasteiger partial charge >= 0.3 is 5.97 Å². The molecule has 1 aliphatic rings. The zero-order valence-corrected chi connectivity index (χ0v) is 11.3. The summed E-state index contributed by atoms with van der Waals surface area (Å²) in [6.07, 6.45) is 1.02. The molecule has 1 fully saturated rings. The number of hydrogen-bond acceptors (Lipinski definition) is 5. The topological polar surface area (TPSA) is 73.6 Å². The molecule has 2 atom stereocenters. The molecule has 1 aliphatic heterocycles. The van der Waals surface area contributed by atoms with Crippen molar-refractivity contribution in [3.05, 3.63) is 23.8 Å². The minimum absolute atomic E-state index is 0.190. The summed E-state index contributed by atoms with van der Waals surface area (Å²) in [5, 5.41) is 3.33. The van der Waals surface area contributed by atoms with Crippen molar-refractivity contribution in [2.75, 3.05) is 31.4 Å². The van der Waals surface area contributed by atoms with E-state index in [9.17, 15) is 4.79 Å². The van der Waals surface area contributed by atoms with Crippen LogP contribution in [-0.4, -0.2) is 32.3 Å². The first-order chi connectivity index (χ1) is 9.13. The van der Waals surface area contributed by atoms with Crippen LogP contribution < -0.4 is 11.1 Å². The highest BCUT2D eigenvalue weighted by atomic mass is 16.5. The summed E-state index contributed by atoms with van der Waals surface area (Å²) in [5.41, 5.74) is 7.62. The second kappa shape index (κ2) is 5.93. The lowest BCUT2D eigenvalue weighted by molar-refractivity contribution is 0.0602. The predicted octanol–water partition coefficient (Wildman–Crippen LogP) is 1.89. The van der Waals surface area contributed by atoms with Gasteiger partial charge in [-0.2, -0.15) is 0 Å². The molecule has 0 radical (unpaired) electrons. The zero-order valence-electron chi connectivity index (χ0n) is 11.3. The molecule has 2 rings (SSSR count). The number of nitrogens with two attached hydrogens (primary N) is 1. The normalized spacial score (nSPS) is 20.0. The van der Waals surface area contributed by atoms with E-state index in [0.717, 1.165) is 19.6 Å². The number of hydrogen-bond donors (Lipinski definition) is 2. The molecule has 0 bridgehead atoms. The van der Waals surface area contributed by atoms with E-state index in [4.69, 9.17) is 15.2 Å². The molecule has 0 amide bonds. The molecule has 1 aromatic rings. The standard InChI is InChI=1S/C14H20N2O3/c1-9(10-6-7-19-8-10)16-13-11(14(17)18-2)4-3-5-12(13)15/h3-5,9-10,16H,6-8,15H2,1-2H3. The fourth-order valence-electron chi connectivity index (χ4n) is 2.30. The van der Waals surface area contributed by atoms with Crippen molar-refractivity contribution in [1.29, 1.82) is 0 Å². The average Bonchev–Trinajstić information content (AvgIpc) is 2.94. The van der Waals surface area contributed by atoms with Gasteiger partial charge in [0.05, 0.1) is 30.7 Å². The maximum atomic E-state index is 11.7. The largest absolute Gasteiger partial charge is 0.465 e. The quantitative estimate of drug-likeness (QED) is 0.641. The highest BCUT2D eigenvalue weighted by molar-refractivity contribution is 5.98. The first-order valence-electron chi connectivity index (χ1n) is 6.44. The van der Waals surface area contributed by atoms with Crippen LogP contribution in [0.1, 0.15) is 23.7 Å². The predicted molar refractivity (Wildman–Crippen MR) is 74.2 cm³/mol. The van der Waals surface area contributed by atoms with Gasteiger partial charge < -0.3 is 20.5 Å². The summed E-state index contributed by atoms with van der Waals surface area (Å²) in [6.45, 7) is 3.62. The maximum Gasteiger partial charge on any atom is 0.340 e. The molecule has 1 heterocycles. The molecule has 1 aromatic carbocycles. The number of methoxy groups -OCH3 is 1. The fourth-order valence-corrected chi connectivity index (χ4v) is 2.30. The van der Waals surface area contributed by atoms with Crippen LogP contribution in [0.2, 0.25) is 0 Å². The lowest BCUT2D eigenvalue weighted by Crippen LogP contribution is -2.27. The van der Waals surface area contributed by atoms with Gasteiger partial charge in [-0.05, 0) is 25.5 Å². The van der Waals surface area contributed by atoms with Crippen molar-refractivity contribution in [2.24, 2.45) is 5.92 Å². The second-order valence-corrected chi connectivity index (χ2v) is 4.82. The maximum absolute atomic E-state index is 11.7. The van der Waals surface area contributed by atoms with Gasteiger partial charge in [-0.3, -0.25) is 0 Å². The number of benzene rings is 1. The van der Waals surface area contributed by atoms with Gasteiger partial charge in [0.15, 0.2) is 0 Å². The molecule has 1 saturated heterocycles.